The molecule has 0 radical (unpaired) electrons. The van der Waals surface area contributed by atoms with E-state index in [4.69, 9.17) is 4.74 Å². The molecule has 7 atom stereocenters. The first-order valence-corrected chi connectivity index (χ1v) is 10.2. The van der Waals surface area contributed by atoms with Crippen LogP contribution in [0.15, 0.2) is 11.6 Å². The van der Waals surface area contributed by atoms with E-state index < -0.39 is 5.60 Å². The summed E-state index contributed by atoms with van der Waals surface area (Å²) in [6.45, 7) is 6.06. The van der Waals surface area contributed by atoms with E-state index in [2.05, 4.69) is 26.0 Å². The standard InChI is InChI=1S/C22H31NO3/c1-14(24)26-16-6-9-20(2)15(12-16)4-5-17-18(20)7-10-21(3)19(17)8-11-22(21,25)13-23/h4,16-19,25H,5-12H2,1-3H3/t16-,17+,18-,19-,20-,21-,22+/m0/s1. The number of nitrogens with zero attached hydrogens (tertiary/aromatic N) is 1. The van der Waals surface area contributed by atoms with Crippen LogP contribution in [-0.4, -0.2) is 22.8 Å². The van der Waals surface area contributed by atoms with E-state index >= 15 is 0 Å². The minimum atomic E-state index is -1.15. The molecule has 0 saturated heterocycles. The van der Waals surface area contributed by atoms with Crippen LogP contribution in [0.1, 0.15) is 72.1 Å². The average Bonchev–Trinajstić information content (AvgIpc) is 2.87. The molecule has 1 N–H and O–H groups in total. The van der Waals surface area contributed by atoms with E-state index in [1.54, 1.807) is 0 Å². The summed E-state index contributed by atoms with van der Waals surface area (Å²) in [4.78, 5) is 11.3. The largest absolute Gasteiger partial charge is 0.462 e. The Kier molecular flexibility index (Phi) is 4.04. The molecule has 0 aromatic heterocycles. The lowest BCUT2D eigenvalue weighted by Crippen LogP contribution is -2.54. The summed E-state index contributed by atoms with van der Waals surface area (Å²) < 4.78 is 5.50. The molecule has 0 unspecified atom stereocenters. The summed E-state index contributed by atoms with van der Waals surface area (Å²) in [5.74, 6) is 1.45. The van der Waals surface area contributed by atoms with Crippen molar-refractivity contribution < 1.29 is 14.6 Å². The van der Waals surface area contributed by atoms with Crippen LogP contribution in [0.5, 0.6) is 0 Å². The van der Waals surface area contributed by atoms with Gasteiger partial charge in [0, 0.05) is 18.8 Å². The number of hydrogen-bond donors (Lipinski definition) is 1. The molecule has 4 rings (SSSR count). The number of carbonyl (C=O) groups is 1. The predicted molar refractivity (Wildman–Crippen MR) is 97.8 cm³/mol. The molecule has 3 fully saturated rings. The summed E-state index contributed by atoms with van der Waals surface area (Å²) in [5.41, 5.74) is 0.252. The van der Waals surface area contributed by atoms with E-state index in [1.165, 1.54) is 12.5 Å². The summed E-state index contributed by atoms with van der Waals surface area (Å²) in [7, 11) is 0. The first-order chi connectivity index (χ1) is 12.2. The van der Waals surface area contributed by atoms with Crippen LogP contribution >= 0.6 is 0 Å². The van der Waals surface area contributed by atoms with Gasteiger partial charge in [-0.05, 0) is 68.1 Å². The van der Waals surface area contributed by atoms with Crippen molar-refractivity contribution in [2.24, 2.45) is 28.6 Å². The van der Waals surface area contributed by atoms with Crippen LogP contribution < -0.4 is 0 Å². The molecule has 4 heteroatoms. The van der Waals surface area contributed by atoms with Gasteiger partial charge in [0.25, 0.3) is 0 Å². The Bertz CT molecular complexity index is 694. The van der Waals surface area contributed by atoms with Gasteiger partial charge in [-0.15, -0.1) is 0 Å². The molecule has 0 spiro atoms. The highest BCUT2D eigenvalue weighted by Gasteiger charge is 2.64. The lowest BCUT2D eigenvalue weighted by atomic mass is 9.47. The maximum atomic E-state index is 11.3. The molecule has 0 aromatic rings. The monoisotopic (exact) mass is 357 g/mol. The quantitative estimate of drug-likeness (QED) is 0.435. The minimum absolute atomic E-state index is 0.0346. The fraction of sp³-hybridized carbons (Fsp3) is 0.818. The van der Waals surface area contributed by atoms with Crippen molar-refractivity contribution in [3.63, 3.8) is 0 Å². The highest BCUT2D eigenvalue weighted by atomic mass is 16.5. The van der Waals surface area contributed by atoms with E-state index in [0.717, 1.165) is 44.9 Å². The van der Waals surface area contributed by atoms with Crippen molar-refractivity contribution in [2.45, 2.75) is 83.8 Å². The number of ether oxygens (including phenoxy) is 1. The third-order valence-electron chi connectivity index (χ3n) is 8.73. The second-order valence-electron chi connectivity index (χ2n) is 9.70. The number of fused-ring (bicyclic) bond motifs is 5. The minimum Gasteiger partial charge on any atom is -0.462 e. The van der Waals surface area contributed by atoms with Crippen LogP contribution in [0, 0.1) is 39.9 Å². The zero-order chi connectivity index (χ0) is 18.7. The van der Waals surface area contributed by atoms with Gasteiger partial charge in [0.05, 0.1) is 6.07 Å². The van der Waals surface area contributed by atoms with Crippen molar-refractivity contribution in [3.8, 4) is 6.07 Å². The van der Waals surface area contributed by atoms with Gasteiger partial charge in [0.1, 0.15) is 6.10 Å². The van der Waals surface area contributed by atoms with E-state index in [0.29, 0.717) is 24.2 Å². The average molecular weight is 357 g/mol. The van der Waals surface area contributed by atoms with Gasteiger partial charge in [-0.2, -0.15) is 5.26 Å². The number of aliphatic hydroxyl groups is 1. The smallest absolute Gasteiger partial charge is 0.302 e. The zero-order valence-electron chi connectivity index (χ0n) is 16.3. The number of rotatable bonds is 1. The van der Waals surface area contributed by atoms with Crippen LogP contribution in [-0.2, 0) is 9.53 Å². The van der Waals surface area contributed by atoms with Crippen molar-refractivity contribution in [1.29, 1.82) is 5.26 Å². The van der Waals surface area contributed by atoms with Gasteiger partial charge in [-0.25, -0.2) is 0 Å². The van der Waals surface area contributed by atoms with Crippen molar-refractivity contribution >= 4 is 5.97 Å². The van der Waals surface area contributed by atoms with Crippen LogP contribution in [0.25, 0.3) is 0 Å². The highest BCUT2D eigenvalue weighted by molar-refractivity contribution is 5.66. The molecule has 0 aliphatic heterocycles. The van der Waals surface area contributed by atoms with Gasteiger partial charge in [-0.1, -0.05) is 25.5 Å². The maximum absolute atomic E-state index is 11.3. The van der Waals surface area contributed by atoms with Crippen LogP contribution in [0.2, 0.25) is 0 Å². The van der Waals surface area contributed by atoms with Crippen LogP contribution in [0.3, 0.4) is 0 Å². The van der Waals surface area contributed by atoms with Gasteiger partial charge >= 0.3 is 5.97 Å². The number of carbonyl (C=O) groups excluding carboxylic acids is 1. The molecular weight excluding hydrogens is 326 g/mol. The Morgan fingerprint density at radius 1 is 1.23 bits per heavy atom. The molecule has 4 aliphatic carbocycles. The molecule has 3 saturated carbocycles. The topological polar surface area (TPSA) is 70.3 Å². The number of hydrogen-bond acceptors (Lipinski definition) is 4. The van der Waals surface area contributed by atoms with E-state index in [9.17, 15) is 15.2 Å². The maximum Gasteiger partial charge on any atom is 0.302 e. The third kappa shape index (κ3) is 2.32. The molecule has 4 aliphatic rings. The lowest BCUT2D eigenvalue weighted by molar-refractivity contribution is -0.149. The Labute approximate surface area is 156 Å². The normalized spacial score (nSPS) is 49.9. The Morgan fingerprint density at radius 3 is 2.65 bits per heavy atom. The third-order valence-corrected chi connectivity index (χ3v) is 8.73. The van der Waals surface area contributed by atoms with Gasteiger partial charge in [0.15, 0.2) is 5.60 Å². The summed E-state index contributed by atoms with van der Waals surface area (Å²) in [5, 5.41) is 20.5. The van der Waals surface area contributed by atoms with Crippen molar-refractivity contribution in [3.05, 3.63) is 11.6 Å². The van der Waals surface area contributed by atoms with Gasteiger partial charge < -0.3 is 9.84 Å². The van der Waals surface area contributed by atoms with Crippen molar-refractivity contribution in [2.75, 3.05) is 0 Å². The molecule has 0 heterocycles. The van der Waals surface area contributed by atoms with Gasteiger partial charge in [0.2, 0.25) is 0 Å². The molecule has 26 heavy (non-hydrogen) atoms. The molecule has 142 valence electrons. The van der Waals surface area contributed by atoms with E-state index in [-0.39, 0.29) is 22.9 Å². The highest BCUT2D eigenvalue weighted by Crippen LogP contribution is 2.67. The second-order valence-corrected chi connectivity index (χ2v) is 9.70. The Hall–Kier alpha value is -1.34. The van der Waals surface area contributed by atoms with Crippen molar-refractivity contribution in [1.82, 2.24) is 0 Å². The molecule has 0 aromatic carbocycles. The summed E-state index contributed by atoms with van der Waals surface area (Å²) in [6.07, 6.45) is 10.0. The first kappa shape index (κ1) is 18.0. The first-order valence-electron chi connectivity index (χ1n) is 10.2. The number of esters is 1. The summed E-state index contributed by atoms with van der Waals surface area (Å²) >= 11 is 0. The fourth-order valence-corrected chi connectivity index (χ4v) is 7.16. The summed E-state index contributed by atoms with van der Waals surface area (Å²) in [6, 6.07) is 2.26. The molecule has 0 amide bonds. The number of allylic oxidation sites excluding steroid dienone is 1. The van der Waals surface area contributed by atoms with E-state index in [1.807, 2.05) is 0 Å². The fourth-order valence-electron chi connectivity index (χ4n) is 7.16. The molecule has 4 nitrogen and oxygen atoms in total. The van der Waals surface area contributed by atoms with Gasteiger partial charge in [-0.3, -0.25) is 4.79 Å². The predicted octanol–water partition coefficient (Wildman–Crippen LogP) is 4.14. The molecule has 0 bridgehead atoms. The Balaban J connectivity index is 1.61. The zero-order valence-corrected chi connectivity index (χ0v) is 16.3. The second kappa shape index (κ2) is 5.83. The Morgan fingerprint density at radius 2 is 1.96 bits per heavy atom. The number of nitriles is 1. The lowest BCUT2D eigenvalue weighted by Gasteiger charge is -2.58. The van der Waals surface area contributed by atoms with Crippen LogP contribution in [0.4, 0.5) is 0 Å². The SMILES string of the molecule is CC(=O)O[C@H]1CC[C@@]2(C)C(=CC[C@@H]3[C@@H]2CC[C@@]2(C)[C@H]3CC[C@@]2(O)C#N)C1. The molecular formula is C22H31NO3.